The van der Waals surface area contributed by atoms with Crippen LogP contribution < -0.4 is 10.1 Å². The minimum atomic E-state index is -0.0992. The Morgan fingerprint density at radius 2 is 1.87 bits per heavy atom. The van der Waals surface area contributed by atoms with Crippen LogP contribution in [0.4, 0.5) is 10.5 Å². The van der Waals surface area contributed by atoms with Gasteiger partial charge in [0.15, 0.2) is 0 Å². The number of para-hydroxylation sites is 2. The molecule has 0 radical (unpaired) electrons. The molecule has 0 spiro atoms. The Kier molecular flexibility index (Phi) is 6.52. The van der Waals surface area contributed by atoms with Crippen molar-refractivity contribution >= 4 is 34.7 Å². The van der Waals surface area contributed by atoms with Crippen LogP contribution in [0.25, 0.3) is 10.6 Å². The van der Waals surface area contributed by atoms with Crippen molar-refractivity contribution < 1.29 is 9.53 Å². The number of urea groups is 1. The third kappa shape index (κ3) is 4.92. The summed E-state index contributed by atoms with van der Waals surface area (Å²) in [6.07, 6.45) is 0. The summed E-state index contributed by atoms with van der Waals surface area (Å²) < 4.78 is 5.30. The summed E-state index contributed by atoms with van der Waals surface area (Å²) in [4.78, 5) is 21.5. The summed E-state index contributed by atoms with van der Waals surface area (Å²) >= 11 is 7.61. The van der Waals surface area contributed by atoms with E-state index >= 15 is 0 Å². The van der Waals surface area contributed by atoms with E-state index in [0.29, 0.717) is 24.5 Å². The van der Waals surface area contributed by atoms with Crippen molar-refractivity contribution in [1.29, 1.82) is 0 Å². The van der Waals surface area contributed by atoms with Gasteiger partial charge < -0.3 is 15.0 Å². The number of hydrogen-bond acceptors (Lipinski definition) is 5. The summed E-state index contributed by atoms with van der Waals surface area (Å²) in [6, 6.07) is 15.1. The highest BCUT2D eigenvalue weighted by Crippen LogP contribution is 2.26. The van der Waals surface area contributed by atoms with E-state index in [1.165, 1.54) is 0 Å². The molecule has 4 rings (SSSR count). The maximum atomic E-state index is 12.6. The third-order valence-corrected chi connectivity index (χ3v) is 6.23. The zero-order chi connectivity index (χ0) is 20.9. The Morgan fingerprint density at radius 3 is 2.60 bits per heavy atom. The van der Waals surface area contributed by atoms with Gasteiger partial charge in [-0.15, -0.1) is 11.3 Å². The van der Waals surface area contributed by atoms with Gasteiger partial charge in [0, 0.05) is 48.7 Å². The van der Waals surface area contributed by atoms with Crippen LogP contribution in [0.15, 0.2) is 53.9 Å². The SMILES string of the molecule is COc1ccccc1NC(=O)N1CCN(Cc2csc(-c3ccc(Cl)cc3)n2)CC1. The number of hydrogen-bond donors (Lipinski definition) is 1. The van der Waals surface area contributed by atoms with E-state index in [-0.39, 0.29) is 6.03 Å². The van der Waals surface area contributed by atoms with Crippen LogP contribution in [0.5, 0.6) is 5.75 Å². The molecule has 1 aromatic heterocycles. The minimum absolute atomic E-state index is 0.0992. The molecule has 2 heterocycles. The Hall–Kier alpha value is -2.61. The lowest BCUT2D eigenvalue weighted by molar-refractivity contribution is 0.142. The lowest BCUT2D eigenvalue weighted by Crippen LogP contribution is -2.49. The number of thiazole rings is 1. The molecule has 6 nitrogen and oxygen atoms in total. The first kappa shape index (κ1) is 20.7. The second-order valence-corrected chi connectivity index (χ2v) is 8.34. The molecule has 156 valence electrons. The van der Waals surface area contributed by atoms with Crippen LogP contribution in [0, 0.1) is 0 Å². The van der Waals surface area contributed by atoms with E-state index < -0.39 is 0 Å². The number of ether oxygens (including phenoxy) is 1. The van der Waals surface area contributed by atoms with Crippen molar-refractivity contribution in [3.05, 3.63) is 64.6 Å². The van der Waals surface area contributed by atoms with Crippen molar-refractivity contribution in [2.75, 3.05) is 38.6 Å². The molecular weight excluding hydrogens is 420 g/mol. The summed E-state index contributed by atoms with van der Waals surface area (Å²) in [5.74, 6) is 0.657. The molecule has 0 unspecified atom stereocenters. The van der Waals surface area contributed by atoms with E-state index in [0.717, 1.165) is 40.9 Å². The molecule has 0 bridgehead atoms. The molecule has 1 aliphatic rings. The van der Waals surface area contributed by atoms with Gasteiger partial charge in [0.05, 0.1) is 18.5 Å². The largest absolute Gasteiger partial charge is 0.495 e. The molecule has 3 aromatic rings. The van der Waals surface area contributed by atoms with Crippen molar-refractivity contribution in [3.63, 3.8) is 0 Å². The van der Waals surface area contributed by atoms with Crippen LogP contribution in [-0.4, -0.2) is 54.1 Å². The number of halogens is 1. The van der Waals surface area contributed by atoms with Gasteiger partial charge in [-0.3, -0.25) is 4.90 Å². The molecule has 0 aliphatic carbocycles. The Balaban J connectivity index is 1.29. The Morgan fingerprint density at radius 1 is 1.13 bits per heavy atom. The first-order valence-corrected chi connectivity index (χ1v) is 11.0. The molecule has 1 saturated heterocycles. The van der Waals surface area contributed by atoms with E-state index in [4.69, 9.17) is 21.3 Å². The number of piperazine rings is 1. The number of anilines is 1. The van der Waals surface area contributed by atoms with Gasteiger partial charge in [0.25, 0.3) is 0 Å². The third-order valence-electron chi connectivity index (χ3n) is 5.04. The lowest BCUT2D eigenvalue weighted by Gasteiger charge is -2.34. The fourth-order valence-corrected chi connectivity index (χ4v) is 4.33. The predicted octanol–water partition coefficient (Wildman–Crippen LogP) is 4.82. The highest BCUT2D eigenvalue weighted by atomic mass is 35.5. The van der Waals surface area contributed by atoms with Crippen LogP contribution in [0.2, 0.25) is 5.02 Å². The van der Waals surface area contributed by atoms with Crippen molar-refractivity contribution in [2.24, 2.45) is 0 Å². The molecule has 0 saturated carbocycles. The monoisotopic (exact) mass is 442 g/mol. The molecule has 1 aliphatic heterocycles. The quantitative estimate of drug-likeness (QED) is 0.615. The van der Waals surface area contributed by atoms with E-state index in [2.05, 4.69) is 15.6 Å². The topological polar surface area (TPSA) is 57.7 Å². The molecule has 1 fully saturated rings. The van der Waals surface area contributed by atoms with Gasteiger partial charge in [-0.1, -0.05) is 35.9 Å². The van der Waals surface area contributed by atoms with E-state index in [1.807, 2.05) is 53.4 Å². The number of amides is 2. The smallest absolute Gasteiger partial charge is 0.322 e. The number of benzene rings is 2. The average Bonchev–Trinajstić information content (AvgIpc) is 3.23. The molecule has 2 aromatic carbocycles. The van der Waals surface area contributed by atoms with Crippen molar-refractivity contribution in [2.45, 2.75) is 6.54 Å². The van der Waals surface area contributed by atoms with Crippen molar-refractivity contribution in [1.82, 2.24) is 14.8 Å². The molecule has 30 heavy (non-hydrogen) atoms. The second kappa shape index (κ2) is 9.47. The molecule has 1 N–H and O–H groups in total. The predicted molar refractivity (Wildman–Crippen MR) is 121 cm³/mol. The van der Waals surface area contributed by atoms with Crippen LogP contribution in [-0.2, 0) is 6.54 Å². The number of nitrogens with zero attached hydrogens (tertiary/aromatic N) is 3. The zero-order valence-electron chi connectivity index (χ0n) is 16.7. The van der Waals surface area contributed by atoms with E-state index in [1.54, 1.807) is 18.4 Å². The number of carbonyl (C=O) groups excluding carboxylic acids is 1. The molecule has 0 atom stereocenters. The fourth-order valence-electron chi connectivity index (χ4n) is 3.38. The first-order valence-electron chi connectivity index (χ1n) is 9.74. The van der Waals surface area contributed by atoms with Gasteiger partial charge in [-0.05, 0) is 24.3 Å². The number of rotatable bonds is 5. The summed E-state index contributed by atoms with van der Waals surface area (Å²) in [5.41, 5.74) is 2.81. The maximum absolute atomic E-state index is 12.6. The molecular formula is C22H23ClN4O2S. The number of methoxy groups -OCH3 is 1. The van der Waals surface area contributed by atoms with Gasteiger partial charge in [0.2, 0.25) is 0 Å². The fraction of sp³-hybridized carbons (Fsp3) is 0.273. The lowest BCUT2D eigenvalue weighted by atomic mass is 10.2. The number of carbonyl (C=O) groups is 1. The first-order chi connectivity index (χ1) is 14.6. The Labute approximate surface area is 185 Å². The van der Waals surface area contributed by atoms with E-state index in [9.17, 15) is 4.79 Å². The zero-order valence-corrected chi connectivity index (χ0v) is 18.2. The summed E-state index contributed by atoms with van der Waals surface area (Å²) in [7, 11) is 1.60. The highest BCUT2D eigenvalue weighted by Gasteiger charge is 2.22. The Bertz CT molecular complexity index is 1000. The minimum Gasteiger partial charge on any atom is -0.495 e. The van der Waals surface area contributed by atoms with Gasteiger partial charge in [-0.2, -0.15) is 0 Å². The number of nitrogens with one attached hydrogen (secondary N) is 1. The normalized spacial score (nSPS) is 14.5. The summed E-state index contributed by atoms with van der Waals surface area (Å²) in [6.45, 7) is 3.76. The highest BCUT2D eigenvalue weighted by molar-refractivity contribution is 7.13. The van der Waals surface area contributed by atoms with Gasteiger partial charge in [0.1, 0.15) is 10.8 Å². The average molecular weight is 443 g/mol. The van der Waals surface area contributed by atoms with Crippen LogP contribution >= 0.6 is 22.9 Å². The molecule has 2 amide bonds. The second-order valence-electron chi connectivity index (χ2n) is 7.04. The number of aromatic nitrogens is 1. The molecule has 8 heteroatoms. The van der Waals surface area contributed by atoms with Crippen molar-refractivity contribution in [3.8, 4) is 16.3 Å². The van der Waals surface area contributed by atoms with Gasteiger partial charge >= 0.3 is 6.03 Å². The summed E-state index contributed by atoms with van der Waals surface area (Å²) in [5, 5.41) is 6.77. The van der Waals surface area contributed by atoms with Crippen LogP contribution in [0.1, 0.15) is 5.69 Å². The maximum Gasteiger partial charge on any atom is 0.322 e. The standard InChI is InChI=1S/C22H23ClN4O2S/c1-29-20-5-3-2-4-19(20)25-22(28)27-12-10-26(11-13-27)14-18-15-30-21(24-18)16-6-8-17(23)9-7-16/h2-9,15H,10-14H2,1H3,(H,25,28). The van der Waals surface area contributed by atoms with Crippen LogP contribution in [0.3, 0.4) is 0 Å². The van der Waals surface area contributed by atoms with Gasteiger partial charge in [-0.25, -0.2) is 9.78 Å².